The third-order valence-electron chi connectivity index (χ3n) is 7.87. The number of benzene rings is 3. The fourth-order valence-corrected chi connectivity index (χ4v) is 5.48. The molecular formula is C31H33FN4O3. The number of anilines is 3. The first-order chi connectivity index (χ1) is 19.0. The number of rotatable bonds is 6. The molecule has 1 aromatic heterocycles. The summed E-state index contributed by atoms with van der Waals surface area (Å²) in [5.41, 5.74) is 13.3. The Morgan fingerprint density at radius 3 is 2.44 bits per heavy atom. The Morgan fingerprint density at radius 2 is 1.77 bits per heavy atom. The topological polar surface area (TPSA) is 81.8 Å². The molecule has 3 aromatic carbocycles. The van der Waals surface area contributed by atoms with Gasteiger partial charge in [0.05, 0.1) is 30.1 Å². The number of nitrogens with zero attached hydrogens (tertiary/aromatic N) is 2. The lowest BCUT2D eigenvalue weighted by Gasteiger charge is -2.31. The molecule has 0 unspecified atom stereocenters. The first kappa shape index (κ1) is 25.2. The normalized spacial score (nSPS) is 16.6. The second-order valence-electron chi connectivity index (χ2n) is 10.3. The number of ether oxygens (including phenoxy) is 2. The van der Waals surface area contributed by atoms with Crippen LogP contribution in [-0.2, 0) is 9.47 Å². The van der Waals surface area contributed by atoms with E-state index in [-0.39, 0.29) is 5.82 Å². The summed E-state index contributed by atoms with van der Waals surface area (Å²) in [4.78, 5) is 14.9. The van der Waals surface area contributed by atoms with E-state index in [4.69, 9.17) is 15.2 Å². The predicted molar refractivity (Wildman–Crippen MR) is 153 cm³/mol. The number of carbonyl (C=O) groups excluding carboxylic acids is 1. The van der Waals surface area contributed by atoms with Gasteiger partial charge in [-0.25, -0.2) is 9.18 Å². The van der Waals surface area contributed by atoms with E-state index in [0.29, 0.717) is 11.7 Å². The molecule has 0 bridgehead atoms. The van der Waals surface area contributed by atoms with Gasteiger partial charge >= 0.3 is 6.09 Å². The SMILES string of the molecule is C[C@@H](OC(=O)Nc1ccc(-c2c(N)c3ccc(N4CCOCC4)cc3n2C2CCC2)cc1)c1ccc(F)cc1. The lowest BCUT2D eigenvalue weighted by Crippen LogP contribution is -2.36. The molecule has 1 atom stereocenters. The molecule has 1 aliphatic carbocycles. The Kier molecular flexibility index (Phi) is 6.87. The molecule has 8 heteroatoms. The monoisotopic (exact) mass is 528 g/mol. The lowest BCUT2D eigenvalue weighted by molar-refractivity contribution is 0.121. The second kappa shape index (κ2) is 10.6. The van der Waals surface area contributed by atoms with Crippen molar-refractivity contribution in [2.45, 2.75) is 38.3 Å². The van der Waals surface area contributed by atoms with Gasteiger partial charge in [0.1, 0.15) is 11.9 Å². The molecule has 1 amide bonds. The number of nitrogen functional groups attached to an aromatic ring is 1. The molecule has 6 rings (SSSR count). The molecule has 39 heavy (non-hydrogen) atoms. The van der Waals surface area contributed by atoms with Crippen molar-refractivity contribution >= 4 is 34.1 Å². The number of hydrogen-bond acceptors (Lipinski definition) is 5. The molecule has 202 valence electrons. The molecule has 1 saturated carbocycles. The molecule has 4 aromatic rings. The highest BCUT2D eigenvalue weighted by Crippen LogP contribution is 2.45. The van der Waals surface area contributed by atoms with Gasteiger partial charge in [-0.2, -0.15) is 0 Å². The third kappa shape index (κ3) is 5.04. The minimum Gasteiger partial charge on any atom is -0.441 e. The first-order valence-corrected chi connectivity index (χ1v) is 13.6. The molecule has 2 aliphatic rings. The largest absolute Gasteiger partial charge is 0.441 e. The number of fused-ring (bicyclic) bond motifs is 1. The summed E-state index contributed by atoms with van der Waals surface area (Å²) < 4.78 is 26.6. The highest BCUT2D eigenvalue weighted by Gasteiger charge is 2.27. The minimum absolute atomic E-state index is 0.329. The van der Waals surface area contributed by atoms with Crippen LogP contribution in [0.25, 0.3) is 22.2 Å². The number of amides is 1. The number of nitrogens with two attached hydrogens (primary N) is 1. The van der Waals surface area contributed by atoms with Crippen molar-refractivity contribution in [3.63, 3.8) is 0 Å². The molecule has 0 radical (unpaired) electrons. The van der Waals surface area contributed by atoms with Crippen molar-refractivity contribution in [1.82, 2.24) is 4.57 Å². The highest BCUT2D eigenvalue weighted by molar-refractivity contribution is 6.02. The van der Waals surface area contributed by atoms with Crippen LogP contribution in [0.4, 0.5) is 26.2 Å². The Morgan fingerprint density at radius 1 is 1.05 bits per heavy atom. The van der Waals surface area contributed by atoms with Crippen LogP contribution in [0.15, 0.2) is 66.7 Å². The molecule has 1 aliphatic heterocycles. The van der Waals surface area contributed by atoms with E-state index < -0.39 is 12.2 Å². The van der Waals surface area contributed by atoms with Gasteiger partial charge < -0.3 is 24.7 Å². The quantitative estimate of drug-likeness (QED) is 0.284. The average Bonchev–Trinajstić information content (AvgIpc) is 3.20. The zero-order valence-electron chi connectivity index (χ0n) is 22.0. The number of halogens is 1. The summed E-state index contributed by atoms with van der Waals surface area (Å²) in [6, 6.07) is 20.6. The minimum atomic E-state index is -0.571. The van der Waals surface area contributed by atoms with Gasteiger partial charge in [0.25, 0.3) is 0 Å². The van der Waals surface area contributed by atoms with E-state index in [0.717, 1.165) is 72.6 Å². The van der Waals surface area contributed by atoms with Gasteiger partial charge in [0.2, 0.25) is 0 Å². The van der Waals surface area contributed by atoms with Crippen LogP contribution in [-0.4, -0.2) is 37.0 Å². The molecule has 2 heterocycles. The highest BCUT2D eigenvalue weighted by atomic mass is 19.1. The maximum absolute atomic E-state index is 13.2. The van der Waals surface area contributed by atoms with Crippen molar-refractivity contribution < 1.29 is 18.7 Å². The van der Waals surface area contributed by atoms with Gasteiger partial charge in [-0.1, -0.05) is 24.3 Å². The molecule has 7 nitrogen and oxygen atoms in total. The van der Waals surface area contributed by atoms with Crippen molar-refractivity contribution in [1.29, 1.82) is 0 Å². The number of morpholine rings is 1. The number of hydrogen-bond donors (Lipinski definition) is 2. The van der Waals surface area contributed by atoms with Crippen LogP contribution in [0.1, 0.15) is 43.9 Å². The standard InChI is InChI=1S/C31H33FN4O3/c1-20(21-5-9-23(32)10-6-21)39-31(37)34-24-11-7-22(8-12-24)30-29(33)27-14-13-26(35-15-17-38-18-16-35)19-28(27)36(30)25-3-2-4-25/h5-14,19-20,25H,2-4,15-18,33H2,1H3,(H,34,37)/t20-/m1/s1. The van der Waals surface area contributed by atoms with E-state index in [1.807, 2.05) is 24.3 Å². The Bertz CT molecular complexity index is 1470. The van der Waals surface area contributed by atoms with Crippen molar-refractivity contribution in [3.05, 3.63) is 78.1 Å². The van der Waals surface area contributed by atoms with Gasteiger partial charge in [0, 0.05) is 41.5 Å². The van der Waals surface area contributed by atoms with E-state index in [2.05, 4.69) is 33.0 Å². The first-order valence-electron chi connectivity index (χ1n) is 13.6. The lowest BCUT2D eigenvalue weighted by atomic mass is 9.92. The zero-order chi connectivity index (χ0) is 26.9. The van der Waals surface area contributed by atoms with Crippen LogP contribution in [0.3, 0.4) is 0 Å². The average molecular weight is 529 g/mol. The van der Waals surface area contributed by atoms with Gasteiger partial charge in [0.15, 0.2) is 0 Å². The van der Waals surface area contributed by atoms with Crippen molar-refractivity contribution in [2.75, 3.05) is 42.3 Å². The summed E-state index contributed by atoms with van der Waals surface area (Å²) in [6.45, 7) is 5.01. The Balaban J connectivity index is 1.24. The molecule has 3 N–H and O–H groups in total. The summed E-state index contributed by atoms with van der Waals surface area (Å²) in [7, 11) is 0. The van der Waals surface area contributed by atoms with E-state index >= 15 is 0 Å². The fourth-order valence-electron chi connectivity index (χ4n) is 5.48. The van der Waals surface area contributed by atoms with Crippen LogP contribution in [0, 0.1) is 5.82 Å². The Hall–Kier alpha value is -4.04. The maximum Gasteiger partial charge on any atom is 0.412 e. The summed E-state index contributed by atoms with van der Waals surface area (Å²) in [5, 5.41) is 3.85. The van der Waals surface area contributed by atoms with Crippen LogP contribution in [0.2, 0.25) is 0 Å². The molecular weight excluding hydrogens is 495 g/mol. The zero-order valence-corrected chi connectivity index (χ0v) is 22.0. The summed E-state index contributed by atoms with van der Waals surface area (Å²) >= 11 is 0. The maximum atomic E-state index is 13.2. The van der Waals surface area contributed by atoms with Crippen LogP contribution >= 0.6 is 0 Å². The molecule has 0 spiro atoms. The third-order valence-corrected chi connectivity index (χ3v) is 7.87. The van der Waals surface area contributed by atoms with Gasteiger partial charge in [-0.15, -0.1) is 0 Å². The van der Waals surface area contributed by atoms with Crippen LogP contribution in [0.5, 0.6) is 0 Å². The number of aromatic nitrogens is 1. The Labute approximate surface area is 227 Å². The van der Waals surface area contributed by atoms with Gasteiger partial charge in [-0.05, 0) is 74.2 Å². The summed E-state index contributed by atoms with van der Waals surface area (Å²) in [6.07, 6.45) is 2.41. The fraction of sp³-hybridized carbons (Fsp3) is 0.323. The van der Waals surface area contributed by atoms with E-state index in [1.54, 1.807) is 19.1 Å². The number of carbonyl (C=O) groups is 1. The predicted octanol–water partition coefficient (Wildman–Crippen LogP) is 6.90. The van der Waals surface area contributed by atoms with E-state index in [9.17, 15) is 9.18 Å². The summed E-state index contributed by atoms with van der Waals surface area (Å²) in [5.74, 6) is -0.329. The van der Waals surface area contributed by atoms with Crippen LogP contribution < -0.4 is 16.0 Å². The molecule has 2 fully saturated rings. The second-order valence-corrected chi connectivity index (χ2v) is 10.3. The molecule has 1 saturated heterocycles. The number of nitrogens with one attached hydrogen (secondary N) is 1. The van der Waals surface area contributed by atoms with E-state index in [1.165, 1.54) is 24.2 Å². The van der Waals surface area contributed by atoms with Gasteiger partial charge in [-0.3, -0.25) is 5.32 Å². The smallest absolute Gasteiger partial charge is 0.412 e. The van der Waals surface area contributed by atoms with Crippen molar-refractivity contribution in [3.8, 4) is 11.3 Å². The van der Waals surface area contributed by atoms with Crippen molar-refractivity contribution in [2.24, 2.45) is 0 Å².